The molecule has 0 aromatic heterocycles. The monoisotopic (exact) mass is 142 g/mol. The number of hydrogen-bond donors (Lipinski definition) is 1. The Labute approximate surface area is 61.4 Å². The first-order chi connectivity index (χ1) is 4.93. The van der Waals surface area contributed by atoms with E-state index in [0.717, 1.165) is 32.5 Å². The maximum atomic E-state index is 5.34. The van der Waals surface area contributed by atoms with Crippen LogP contribution in [0.2, 0.25) is 0 Å². The van der Waals surface area contributed by atoms with Crippen molar-refractivity contribution in [3.63, 3.8) is 0 Å². The summed E-state index contributed by atoms with van der Waals surface area (Å²) >= 11 is 0. The quantitative estimate of drug-likeness (QED) is 0.580. The van der Waals surface area contributed by atoms with Gasteiger partial charge in [-0.1, -0.05) is 0 Å². The fourth-order valence-electron chi connectivity index (χ4n) is 0.893. The first kappa shape index (κ1) is 7.57. The van der Waals surface area contributed by atoms with Crippen LogP contribution in [-0.4, -0.2) is 24.8 Å². The number of nitrogens with two attached hydrogens (primary N) is 1. The van der Waals surface area contributed by atoms with Crippen LogP contribution in [0.5, 0.6) is 0 Å². The van der Waals surface area contributed by atoms with Crippen LogP contribution in [0.15, 0.2) is 12.3 Å². The second-order valence-electron chi connectivity index (χ2n) is 2.32. The van der Waals surface area contributed by atoms with Crippen molar-refractivity contribution < 1.29 is 4.84 Å². The van der Waals surface area contributed by atoms with Crippen molar-refractivity contribution in [2.45, 2.75) is 12.8 Å². The zero-order valence-corrected chi connectivity index (χ0v) is 6.12. The van der Waals surface area contributed by atoms with Crippen LogP contribution in [0.1, 0.15) is 12.8 Å². The molecule has 10 heavy (non-hydrogen) atoms. The SMILES string of the molecule is NCCCCN1C=CCO1. The van der Waals surface area contributed by atoms with Gasteiger partial charge in [0, 0.05) is 12.7 Å². The number of unbranched alkanes of at least 4 members (excludes halogenated alkanes) is 1. The molecule has 0 aromatic carbocycles. The van der Waals surface area contributed by atoms with Gasteiger partial charge >= 0.3 is 0 Å². The van der Waals surface area contributed by atoms with Crippen molar-refractivity contribution in [3.8, 4) is 0 Å². The molecular weight excluding hydrogens is 128 g/mol. The third-order valence-electron chi connectivity index (χ3n) is 1.44. The highest BCUT2D eigenvalue weighted by atomic mass is 16.7. The van der Waals surface area contributed by atoms with Gasteiger partial charge in [0.05, 0.1) is 6.61 Å². The summed E-state index contributed by atoms with van der Waals surface area (Å²) in [6, 6.07) is 0. The topological polar surface area (TPSA) is 38.5 Å². The summed E-state index contributed by atoms with van der Waals surface area (Å²) in [4.78, 5) is 5.18. The Bertz CT molecular complexity index is 114. The van der Waals surface area contributed by atoms with Gasteiger partial charge in [0.15, 0.2) is 0 Å². The van der Waals surface area contributed by atoms with Gasteiger partial charge in [0.2, 0.25) is 0 Å². The minimum absolute atomic E-state index is 0.725. The van der Waals surface area contributed by atoms with E-state index in [9.17, 15) is 0 Å². The predicted molar refractivity (Wildman–Crippen MR) is 40.1 cm³/mol. The number of nitrogens with zero attached hydrogens (tertiary/aromatic N) is 1. The van der Waals surface area contributed by atoms with E-state index in [4.69, 9.17) is 10.6 Å². The maximum Gasteiger partial charge on any atom is 0.0947 e. The van der Waals surface area contributed by atoms with Crippen LogP contribution in [0.3, 0.4) is 0 Å². The molecule has 1 heterocycles. The van der Waals surface area contributed by atoms with E-state index in [0.29, 0.717) is 0 Å². The Kier molecular flexibility index (Phi) is 3.26. The summed E-state index contributed by atoms with van der Waals surface area (Å²) in [6.45, 7) is 2.47. The molecule has 0 saturated heterocycles. The lowest BCUT2D eigenvalue weighted by atomic mass is 10.3. The average molecular weight is 142 g/mol. The first-order valence-electron chi connectivity index (χ1n) is 3.70. The third-order valence-corrected chi connectivity index (χ3v) is 1.44. The second-order valence-corrected chi connectivity index (χ2v) is 2.32. The van der Waals surface area contributed by atoms with E-state index in [-0.39, 0.29) is 0 Å². The first-order valence-corrected chi connectivity index (χ1v) is 3.70. The fourth-order valence-corrected chi connectivity index (χ4v) is 0.893. The minimum Gasteiger partial charge on any atom is -0.330 e. The van der Waals surface area contributed by atoms with Gasteiger partial charge in [-0.25, -0.2) is 0 Å². The van der Waals surface area contributed by atoms with Crippen molar-refractivity contribution in [1.82, 2.24) is 5.06 Å². The molecule has 58 valence electrons. The van der Waals surface area contributed by atoms with E-state index in [2.05, 4.69) is 0 Å². The lowest BCUT2D eigenvalue weighted by Gasteiger charge is -2.12. The molecule has 0 unspecified atom stereocenters. The molecular formula is C7H14N2O. The molecule has 1 aliphatic heterocycles. The summed E-state index contributed by atoms with van der Waals surface area (Å²) in [5.74, 6) is 0. The molecule has 0 aliphatic carbocycles. The molecule has 2 N–H and O–H groups in total. The molecule has 0 aromatic rings. The molecule has 1 rings (SSSR count). The van der Waals surface area contributed by atoms with Gasteiger partial charge in [-0.2, -0.15) is 0 Å². The highest BCUT2D eigenvalue weighted by molar-refractivity contribution is 4.83. The average Bonchev–Trinajstić information content (AvgIpc) is 2.41. The largest absolute Gasteiger partial charge is 0.330 e. The van der Waals surface area contributed by atoms with Crippen LogP contribution in [0.4, 0.5) is 0 Å². The molecule has 0 radical (unpaired) electrons. The van der Waals surface area contributed by atoms with Gasteiger partial charge in [-0.15, -0.1) is 0 Å². The Hall–Kier alpha value is -0.540. The smallest absolute Gasteiger partial charge is 0.0947 e. The Morgan fingerprint density at radius 2 is 2.40 bits per heavy atom. The van der Waals surface area contributed by atoms with Crippen molar-refractivity contribution in [2.24, 2.45) is 5.73 Å². The van der Waals surface area contributed by atoms with Gasteiger partial charge in [-0.05, 0) is 25.5 Å². The van der Waals surface area contributed by atoms with Crippen LogP contribution in [0.25, 0.3) is 0 Å². The Balaban J connectivity index is 1.97. The summed E-state index contributed by atoms with van der Waals surface area (Å²) < 4.78 is 0. The molecule has 1 aliphatic rings. The fraction of sp³-hybridized carbons (Fsp3) is 0.714. The zero-order chi connectivity index (χ0) is 7.23. The van der Waals surface area contributed by atoms with Crippen molar-refractivity contribution >= 4 is 0 Å². The van der Waals surface area contributed by atoms with Crippen molar-refractivity contribution in [2.75, 3.05) is 19.7 Å². The summed E-state index contributed by atoms with van der Waals surface area (Å²) in [6.07, 6.45) is 6.16. The molecule has 0 fully saturated rings. The molecule has 3 heteroatoms. The van der Waals surface area contributed by atoms with Gasteiger partial charge < -0.3 is 5.73 Å². The maximum absolute atomic E-state index is 5.34. The van der Waals surface area contributed by atoms with Crippen LogP contribution < -0.4 is 5.73 Å². The van der Waals surface area contributed by atoms with Crippen LogP contribution in [-0.2, 0) is 4.84 Å². The van der Waals surface area contributed by atoms with Gasteiger partial charge in [-0.3, -0.25) is 9.90 Å². The van der Waals surface area contributed by atoms with Gasteiger partial charge in [0.1, 0.15) is 0 Å². The van der Waals surface area contributed by atoms with E-state index in [1.807, 2.05) is 17.3 Å². The van der Waals surface area contributed by atoms with E-state index in [1.54, 1.807) is 0 Å². The van der Waals surface area contributed by atoms with E-state index >= 15 is 0 Å². The van der Waals surface area contributed by atoms with E-state index in [1.165, 1.54) is 0 Å². The molecule has 0 spiro atoms. The molecule has 3 nitrogen and oxygen atoms in total. The lowest BCUT2D eigenvalue weighted by molar-refractivity contribution is -0.0900. The van der Waals surface area contributed by atoms with E-state index < -0.39 is 0 Å². The molecule has 0 atom stereocenters. The highest BCUT2D eigenvalue weighted by Crippen LogP contribution is 2.02. The lowest BCUT2D eigenvalue weighted by Crippen LogP contribution is -2.15. The van der Waals surface area contributed by atoms with Crippen molar-refractivity contribution in [3.05, 3.63) is 12.3 Å². The Morgan fingerprint density at radius 1 is 1.50 bits per heavy atom. The number of rotatable bonds is 4. The normalized spacial score (nSPS) is 16.7. The second kappa shape index (κ2) is 4.30. The van der Waals surface area contributed by atoms with Gasteiger partial charge in [0.25, 0.3) is 0 Å². The zero-order valence-electron chi connectivity index (χ0n) is 6.12. The highest BCUT2D eigenvalue weighted by Gasteiger charge is 2.02. The molecule has 0 saturated carbocycles. The van der Waals surface area contributed by atoms with Crippen LogP contribution in [0, 0.1) is 0 Å². The van der Waals surface area contributed by atoms with Crippen LogP contribution >= 0.6 is 0 Å². The third kappa shape index (κ3) is 2.37. The summed E-state index contributed by atoms with van der Waals surface area (Å²) in [5.41, 5.74) is 5.34. The van der Waals surface area contributed by atoms with Crippen molar-refractivity contribution in [1.29, 1.82) is 0 Å². The summed E-state index contributed by atoms with van der Waals surface area (Å²) in [5, 5.41) is 1.86. The Morgan fingerprint density at radius 3 is 3.00 bits per heavy atom. The minimum atomic E-state index is 0.725. The predicted octanol–water partition coefficient (Wildman–Crippen LogP) is 0.486. The standard InChI is InChI=1S/C7H14N2O/c8-4-1-2-5-9-6-3-7-10-9/h3,6H,1-2,4-5,7-8H2. The number of hydrogen-bond acceptors (Lipinski definition) is 3. The number of hydroxylamine groups is 2. The summed E-state index contributed by atoms with van der Waals surface area (Å²) in [7, 11) is 0. The molecule has 0 bridgehead atoms. The molecule has 0 amide bonds.